The Morgan fingerprint density at radius 1 is 1.13 bits per heavy atom. The first-order valence-electron chi connectivity index (χ1n) is 7.64. The van der Waals surface area contributed by atoms with E-state index in [2.05, 4.69) is 5.10 Å². The van der Waals surface area contributed by atoms with Crippen LogP contribution >= 0.6 is 0 Å². The molecule has 1 aliphatic heterocycles. The van der Waals surface area contributed by atoms with Gasteiger partial charge in [-0.3, -0.25) is 14.3 Å². The van der Waals surface area contributed by atoms with Gasteiger partial charge in [-0.2, -0.15) is 5.10 Å². The Morgan fingerprint density at radius 3 is 2.52 bits per heavy atom. The Kier molecular flexibility index (Phi) is 4.14. The van der Waals surface area contributed by atoms with Crippen LogP contribution < -0.4 is 0 Å². The Morgan fingerprint density at radius 2 is 1.87 bits per heavy atom. The summed E-state index contributed by atoms with van der Waals surface area (Å²) in [6.07, 6.45) is 3.58. The van der Waals surface area contributed by atoms with Gasteiger partial charge in [0.1, 0.15) is 12.6 Å². The fraction of sp³-hybridized carbons (Fsp3) is 0.353. The number of aryl methyl sites for hydroxylation is 1. The lowest BCUT2D eigenvalue weighted by molar-refractivity contribution is -0.156. The van der Waals surface area contributed by atoms with Crippen LogP contribution in [0.2, 0.25) is 0 Å². The van der Waals surface area contributed by atoms with E-state index >= 15 is 0 Å². The van der Waals surface area contributed by atoms with Gasteiger partial charge in [-0.15, -0.1) is 0 Å². The molecule has 0 bridgehead atoms. The molecule has 0 spiro atoms. The van der Waals surface area contributed by atoms with E-state index in [1.165, 1.54) is 0 Å². The molecule has 0 N–H and O–H groups in total. The number of carbonyl (C=O) groups excluding carboxylic acids is 2. The number of benzene rings is 1. The average Bonchev–Trinajstić information content (AvgIpc) is 2.95. The van der Waals surface area contributed by atoms with Gasteiger partial charge >= 0.3 is 0 Å². The predicted molar refractivity (Wildman–Crippen MR) is 85.1 cm³/mol. The monoisotopic (exact) mass is 312 g/mol. The van der Waals surface area contributed by atoms with Gasteiger partial charge in [-0.1, -0.05) is 30.3 Å². The first-order valence-corrected chi connectivity index (χ1v) is 7.64. The van der Waals surface area contributed by atoms with Crippen molar-refractivity contribution in [2.45, 2.75) is 26.1 Å². The van der Waals surface area contributed by atoms with E-state index in [-0.39, 0.29) is 18.4 Å². The first-order chi connectivity index (χ1) is 11.0. The fourth-order valence-corrected chi connectivity index (χ4v) is 2.86. The summed E-state index contributed by atoms with van der Waals surface area (Å²) in [4.78, 5) is 28.3. The minimum Gasteiger partial charge on any atom is -0.327 e. The third-order valence-corrected chi connectivity index (χ3v) is 4.11. The number of carbonyl (C=O) groups is 2. The SMILES string of the molecule is C[C@@H]1C(=O)N(Cc2ccccc2)CC(=O)N1Cc1cnn(C)c1. The minimum atomic E-state index is -0.458. The van der Waals surface area contributed by atoms with Crippen LogP contribution in [0.5, 0.6) is 0 Å². The van der Waals surface area contributed by atoms with Crippen molar-refractivity contribution in [1.82, 2.24) is 19.6 Å². The van der Waals surface area contributed by atoms with E-state index in [0.29, 0.717) is 13.1 Å². The van der Waals surface area contributed by atoms with Crippen molar-refractivity contribution in [1.29, 1.82) is 0 Å². The van der Waals surface area contributed by atoms with E-state index < -0.39 is 6.04 Å². The van der Waals surface area contributed by atoms with Crippen molar-refractivity contribution < 1.29 is 9.59 Å². The van der Waals surface area contributed by atoms with Gasteiger partial charge in [0.15, 0.2) is 0 Å². The van der Waals surface area contributed by atoms with Crippen LogP contribution in [0, 0.1) is 0 Å². The maximum absolute atomic E-state index is 12.6. The van der Waals surface area contributed by atoms with E-state index in [4.69, 9.17) is 0 Å². The van der Waals surface area contributed by atoms with Gasteiger partial charge in [0.25, 0.3) is 0 Å². The van der Waals surface area contributed by atoms with E-state index in [0.717, 1.165) is 11.1 Å². The molecule has 1 fully saturated rings. The lowest BCUT2D eigenvalue weighted by Gasteiger charge is -2.38. The maximum atomic E-state index is 12.6. The number of nitrogens with zero attached hydrogens (tertiary/aromatic N) is 4. The molecular weight excluding hydrogens is 292 g/mol. The molecule has 0 aliphatic carbocycles. The highest BCUT2D eigenvalue weighted by atomic mass is 16.2. The van der Waals surface area contributed by atoms with E-state index in [1.807, 2.05) is 43.6 Å². The molecule has 120 valence electrons. The van der Waals surface area contributed by atoms with Crippen molar-refractivity contribution in [3.63, 3.8) is 0 Å². The molecule has 1 aromatic carbocycles. The van der Waals surface area contributed by atoms with Crippen molar-refractivity contribution in [2.24, 2.45) is 7.05 Å². The van der Waals surface area contributed by atoms with Gasteiger partial charge in [-0.25, -0.2) is 0 Å². The molecule has 0 saturated carbocycles. The molecule has 1 saturated heterocycles. The molecule has 6 nitrogen and oxygen atoms in total. The zero-order chi connectivity index (χ0) is 16.4. The van der Waals surface area contributed by atoms with Crippen LogP contribution in [0.25, 0.3) is 0 Å². The summed E-state index contributed by atoms with van der Waals surface area (Å²) in [6, 6.07) is 9.27. The number of rotatable bonds is 4. The Bertz CT molecular complexity index is 710. The molecule has 1 aromatic heterocycles. The summed E-state index contributed by atoms with van der Waals surface area (Å²) in [6.45, 7) is 2.79. The number of amides is 2. The summed E-state index contributed by atoms with van der Waals surface area (Å²) in [7, 11) is 1.83. The van der Waals surface area contributed by atoms with Crippen LogP contribution in [0.1, 0.15) is 18.1 Å². The third kappa shape index (κ3) is 3.26. The number of aromatic nitrogens is 2. The van der Waals surface area contributed by atoms with Crippen LogP contribution in [-0.4, -0.2) is 44.0 Å². The summed E-state index contributed by atoms with van der Waals surface area (Å²) in [5, 5.41) is 4.11. The average molecular weight is 312 g/mol. The lowest BCUT2D eigenvalue weighted by Crippen LogP contribution is -2.57. The Hall–Kier alpha value is -2.63. The molecule has 0 unspecified atom stereocenters. The van der Waals surface area contributed by atoms with Crippen LogP contribution in [0.15, 0.2) is 42.7 Å². The van der Waals surface area contributed by atoms with Crippen LogP contribution in [0.4, 0.5) is 0 Å². The lowest BCUT2D eigenvalue weighted by atomic mass is 10.1. The van der Waals surface area contributed by atoms with Crippen molar-refractivity contribution in [3.05, 3.63) is 53.9 Å². The second-order valence-electron chi connectivity index (χ2n) is 5.90. The summed E-state index contributed by atoms with van der Waals surface area (Å²) in [5.41, 5.74) is 1.96. The zero-order valence-electron chi connectivity index (χ0n) is 13.3. The number of hydrogen-bond donors (Lipinski definition) is 0. The van der Waals surface area contributed by atoms with E-state index in [9.17, 15) is 9.59 Å². The second-order valence-corrected chi connectivity index (χ2v) is 5.90. The molecule has 0 radical (unpaired) electrons. The molecule has 6 heteroatoms. The van der Waals surface area contributed by atoms with Crippen LogP contribution in [-0.2, 0) is 29.7 Å². The molecule has 1 atom stereocenters. The van der Waals surface area contributed by atoms with Crippen molar-refractivity contribution >= 4 is 11.8 Å². The van der Waals surface area contributed by atoms with Gasteiger partial charge in [-0.05, 0) is 12.5 Å². The van der Waals surface area contributed by atoms with Crippen molar-refractivity contribution in [3.8, 4) is 0 Å². The largest absolute Gasteiger partial charge is 0.327 e. The molecule has 1 aliphatic rings. The van der Waals surface area contributed by atoms with Gasteiger partial charge in [0.2, 0.25) is 11.8 Å². The predicted octanol–water partition coefficient (Wildman–Crippen LogP) is 1.18. The molecule has 23 heavy (non-hydrogen) atoms. The van der Waals surface area contributed by atoms with Crippen molar-refractivity contribution in [2.75, 3.05) is 6.54 Å². The minimum absolute atomic E-state index is 0.0163. The standard InChI is InChI=1S/C17H20N4O2/c1-13-17(23)20(10-14-6-4-3-5-7-14)12-16(22)21(13)11-15-8-18-19(2)9-15/h3-9,13H,10-12H2,1-2H3/t13-/m1/s1. The topological polar surface area (TPSA) is 58.4 Å². The zero-order valence-corrected chi connectivity index (χ0v) is 13.3. The normalized spacial score (nSPS) is 18.6. The highest BCUT2D eigenvalue weighted by Gasteiger charge is 2.36. The summed E-state index contributed by atoms with van der Waals surface area (Å²) >= 11 is 0. The maximum Gasteiger partial charge on any atom is 0.245 e. The summed E-state index contributed by atoms with van der Waals surface area (Å²) < 4.78 is 1.69. The number of piperazine rings is 1. The second kappa shape index (κ2) is 6.24. The molecule has 2 aromatic rings. The summed E-state index contributed by atoms with van der Waals surface area (Å²) in [5.74, 6) is -0.0470. The molecular formula is C17H20N4O2. The third-order valence-electron chi connectivity index (χ3n) is 4.11. The van der Waals surface area contributed by atoms with Gasteiger partial charge in [0, 0.05) is 31.9 Å². The highest BCUT2D eigenvalue weighted by molar-refractivity contribution is 5.94. The first kappa shape index (κ1) is 15.3. The van der Waals surface area contributed by atoms with E-state index in [1.54, 1.807) is 27.6 Å². The van der Waals surface area contributed by atoms with Crippen LogP contribution in [0.3, 0.4) is 0 Å². The smallest absolute Gasteiger partial charge is 0.245 e. The van der Waals surface area contributed by atoms with Gasteiger partial charge in [0.05, 0.1) is 6.20 Å². The Labute approximate surface area is 135 Å². The van der Waals surface area contributed by atoms with Gasteiger partial charge < -0.3 is 9.80 Å². The molecule has 3 rings (SSSR count). The molecule has 2 heterocycles. The molecule has 2 amide bonds. The quantitative estimate of drug-likeness (QED) is 0.852. The number of hydrogen-bond acceptors (Lipinski definition) is 3. The highest BCUT2D eigenvalue weighted by Crippen LogP contribution is 2.18. The Balaban J connectivity index is 1.71. The fourth-order valence-electron chi connectivity index (χ4n) is 2.86.